The largest absolute Gasteiger partial charge is 0.364 e. The summed E-state index contributed by atoms with van der Waals surface area (Å²) in [4.78, 5) is 14.9. The molecule has 0 saturated carbocycles. The molecule has 1 amide bonds. The van der Waals surface area contributed by atoms with Gasteiger partial charge in [0.25, 0.3) is 5.91 Å². The van der Waals surface area contributed by atoms with Gasteiger partial charge in [-0.1, -0.05) is 6.92 Å². The van der Waals surface area contributed by atoms with Crippen molar-refractivity contribution in [3.63, 3.8) is 0 Å². The van der Waals surface area contributed by atoms with E-state index in [1.165, 1.54) is 0 Å². The van der Waals surface area contributed by atoms with Crippen molar-refractivity contribution in [3.05, 3.63) is 35.9 Å². The summed E-state index contributed by atoms with van der Waals surface area (Å²) in [5, 5.41) is 7.54. The minimum atomic E-state index is -0.541. The van der Waals surface area contributed by atoms with E-state index < -0.39 is 5.91 Å². The maximum Gasteiger partial charge on any atom is 0.267 e. The summed E-state index contributed by atoms with van der Waals surface area (Å²) in [7, 11) is 1.87. The third-order valence-corrected chi connectivity index (χ3v) is 2.53. The van der Waals surface area contributed by atoms with Crippen molar-refractivity contribution in [1.82, 2.24) is 14.8 Å². The highest BCUT2D eigenvalue weighted by molar-refractivity contribution is 5.91. The molecule has 94 valence electrons. The smallest absolute Gasteiger partial charge is 0.267 e. The van der Waals surface area contributed by atoms with Crippen LogP contribution in [0.2, 0.25) is 0 Å². The number of nitrogens with zero attached hydrogens (tertiary/aromatic N) is 3. The summed E-state index contributed by atoms with van der Waals surface area (Å²) in [6, 6.07) is 3.40. The molecule has 0 aliphatic rings. The Morgan fingerprint density at radius 1 is 1.56 bits per heavy atom. The van der Waals surface area contributed by atoms with E-state index in [9.17, 15) is 4.79 Å². The van der Waals surface area contributed by atoms with Gasteiger partial charge in [0.15, 0.2) is 0 Å². The molecule has 0 aliphatic heterocycles. The molecule has 6 heteroatoms. The van der Waals surface area contributed by atoms with Crippen molar-refractivity contribution >= 4 is 17.3 Å². The van der Waals surface area contributed by atoms with E-state index >= 15 is 0 Å². The second-order valence-corrected chi connectivity index (χ2v) is 3.94. The number of primary amides is 1. The standard InChI is InChI=1S/C12H15N5O/c1-3-9-11(7-17(2)16-9)15-8-4-5-14-10(6-8)12(13)18/h4-7H,3H2,1-2H3,(H2,13,18)(H,14,15). The van der Waals surface area contributed by atoms with Crippen molar-refractivity contribution in [1.29, 1.82) is 0 Å². The Balaban J connectivity index is 2.28. The average molecular weight is 245 g/mol. The van der Waals surface area contributed by atoms with Crippen LogP contribution < -0.4 is 11.1 Å². The molecule has 0 aromatic carbocycles. The number of amides is 1. The van der Waals surface area contributed by atoms with Crippen LogP contribution in [0.25, 0.3) is 0 Å². The predicted octanol–water partition coefficient (Wildman–Crippen LogP) is 1.22. The molecule has 0 unspecified atom stereocenters. The lowest BCUT2D eigenvalue weighted by atomic mass is 10.2. The minimum Gasteiger partial charge on any atom is -0.364 e. The van der Waals surface area contributed by atoms with Crippen LogP contribution in [0.4, 0.5) is 11.4 Å². The molecule has 0 aliphatic carbocycles. The number of hydrogen-bond acceptors (Lipinski definition) is 4. The Kier molecular flexibility index (Phi) is 3.27. The molecular weight excluding hydrogens is 230 g/mol. The number of anilines is 2. The molecule has 0 saturated heterocycles. The SMILES string of the molecule is CCc1nn(C)cc1Nc1ccnc(C(N)=O)c1. The molecule has 6 nitrogen and oxygen atoms in total. The lowest BCUT2D eigenvalue weighted by Crippen LogP contribution is -2.13. The van der Waals surface area contributed by atoms with Crippen LogP contribution in [0.5, 0.6) is 0 Å². The van der Waals surface area contributed by atoms with E-state index in [4.69, 9.17) is 5.73 Å². The Morgan fingerprint density at radius 3 is 3.00 bits per heavy atom. The molecule has 2 rings (SSSR count). The Morgan fingerprint density at radius 2 is 2.33 bits per heavy atom. The normalized spacial score (nSPS) is 10.3. The number of carbonyl (C=O) groups is 1. The highest BCUT2D eigenvalue weighted by Crippen LogP contribution is 2.20. The predicted molar refractivity (Wildman–Crippen MR) is 68.6 cm³/mol. The first-order valence-electron chi connectivity index (χ1n) is 5.65. The fourth-order valence-corrected chi connectivity index (χ4v) is 1.70. The lowest BCUT2D eigenvalue weighted by Gasteiger charge is -2.05. The fourth-order valence-electron chi connectivity index (χ4n) is 1.70. The second-order valence-electron chi connectivity index (χ2n) is 3.94. The zero-order valence-corrected chi connectivity index (χ0v) is 10.3. The summed E-state index contributed by atoms with van der Waals surface area (Å²) in [6.07, 6.45) is 4.27. The Labute approximate surface area is 105 Å². The fraction of sp³-hybridized carbons (Fsp3) is 0.250. The van der Waals surface area contributed by atoms with Gasteiger partial charge < -0.3 is 11.1 Å². The van der Waals surface area contributed by atoms with Gasteiger partial charge in [0, 0.05) is 25.1 Å². The van der Waals surface area contributed by atoms with Crippen molar-refractivity contribution in [3.8, 4) is 0 Å². The third kappa shape index (κ3) is 2.48. The van der Waals surface area contributed by atoms with Gasteiger partial charge in [-0.15, -0.1) is 0 Å². The van der Waals surface area contributed by atoms with E-state index in [0.717, 1.165) is 23.5 Å². The maximum atomic E-state index is 11.0. The quantitative estimate of drug-likeness (QED) is 0.848. The Hall–Kier alpha value is -2.37. The van der Waals surface area contributed by atoms with Crippen molar-refractivity contribution in [2.24, 2.45) is 12.8 Å². The first kappa shape index (κ1) is 12.1. The van der Waals surface area contributed by atoms with Gasteiger partial charge in [-0.25, -0.2) is 0 Å². The summed E-state index contributed by atoms with van der Waals surface area (Å²) >= 11 is 0. The summed E-state index contributed by atoms with van der Waals surface area (Å²) in [6.45, 7) is 2.04. The topological polar surface area (TPSA) is 85.8 Å². The molecule has 0 bridgehead atoms. The van der Waals surface area contributed by atoms with E-state index in [1.54, 1.807) is 23.0 Å². The van der Waals surface area contributed by atoms with Gasteiger partial charge in [-0.3, -0.25) is 14.5 Å². The monoisotopic (exact) mass is 245 g/mol. The van der Waals surface area contributed by atoms with Crippen LogP contribution >= 0.6 is 0 Å². The van der Waals surface area contributed by atoms with Crippen LogP contribution in [0, 0.1) is 0 Å². The van der Waals surface area contributed by atoms with Gasteiger partial charge in [-0.2, -0.15) is 5.10 Å². The summed E-state index contributed by atoms with van der Waals surface area (Å²) in [5.74, 6) is -0.541. The molecular formula is C12H15N5O. The molecule has 0 fully saturated rings. The molecule has 18 heavy (non-hydrogen) atoms. The highest BCUT2D eigenvalue weighted by Gasteiger charge is 2.07. The number of hydrogen-bond donors (Lipinski definition) is 2. The van der Waals surface area contributed by atoms with Crippen LogP contribution in [-0.4, -0.2) is 20.7 Å². The number of aromatic nitrogens is 3. The van der Waals surface area contributed by atoms with E-state index in [0.29, 0.717) is 0 Å². The summed E-state index contributed by atoms with van der Waals surface area (Å²) in [5.41, 5.74) is 8.08. The average Bonchev–Trinajstić information content (AvgIpc) is 2.69. The van der Waals surface area contributed by atoms with E-state index in [2.05, 4.69) is 15.4 Å². The van der Waals surface area contributed by atoms with Gasteiger partial charge >= 0.3 is 0 Å². The zero-order valence-electron chi connectivity index (χ0n) is 10.3. The zero-order chi connectivity index (χ0) is 13.1. The van der Waals surface area contributed by atoms with Gasteiger partial charge in [0.2, 0.25) is 0 Å². The Bertz CT molecular complexity index is 576. The van der Waals surface area contributed by atoms with Gasteiger partial charge in [-0.05, 0) is 18.6 Å². The molecule has 2 heterocycles. The van der Waals surface area contributed by atoms with Crippen molar-refractivity contribution < 1.29 is 4.79 Å². The van der Waals surface area contributed by atoms with Crippen molar-refractivity contribution in [2.45, 2.75) is 13.3 Å². The first-order chi connectivity index (χ1) is 8.60. The van der Waals surface area contributed by atoms with E-state index in [1.807, 2.05) is 20.2 Å². The lowest BCUT2D eigenvalue weighted by molar-refractivity contribution is 0.0995. The molecule has 0 spiro atoms. The first-order valence-corrected chi connectivity index (χ1v) is 5.65. The highest BCUT2D eigenvalue weighted by atomic mass is 16.1. The maximum absolute atomic E-state index is 11.0. The van der Waals surface area contributed by atoms with Crippen molar-refractivity contribution in [2.75, 3.05) is 5.32 Å². The molecule has 0 atom stereocenters. The molecule has 2 aromatic rings. The number of rotatable bonds is 4. The number of pyridine rings is 1. The summed E-state index contributed by atoms with van der Waals surface area (Å²) < 4.78 is 1.75. The molecule has 0 radical (unpaired) electrons. The van der Waals surface area contributed by atoms with Gasteiger partial charge in [0.1, 0.15) is 5.69 Å². The number of nitrogens with one attached hydrogen (secondary N) is 1. The molecule has 2 aromatic heterocycles. The minimum absolute atomic E-state index is 0.238. The number of nitrogens with two attached hydrogens (primary N) is 1. The van der Waals surface area contributed by atoms with Crippen LogP contribution in [0.1, 0.15) is 23.1 Å². The molecule has 3 N–H and O–H groups in total. The number of carbonyl (C=O) groups excluding carboxylic acids is 1. The van der Waals surface area contributed by atoms with Gasteiger partial charge in [0.05, 0.1) is 11.4 Å². The van der Waals surface area contributed by atoms with E-state index in [-0.39, 0.29) is 5.69 Å². The third-order valence-electron chi connectivity index (χ3n) is 2.53. The van der Waals surface area contributed by atoms with Crippen LogP contribution in [-0.2, 0) is 13.5 Å². The van der Waals surface area contributed by atoms with Crippen LogP contribution in [0.3, 0.4) is 0 Å². The van der Waals surface area contributed by atoms with Crippen LogP contribution in [0.15, 0.2) is 24.5 Å². The second kappa shape index (κ2) is 4.87. The number of aryl methyl sites for hydroxylation is 2.